The van der Waals surface area contributed by atoms with Crippen molar-refractivity contribution in [3.05, 3.63) is 32.8 Å². The molecule has 0 bridgehead atoms. The van der Waals surface area contributed by atoms with Gasteiger partial charge in [0.25, 0.3) is 0 Å². The van der Waals surface area contributed by atoms with Crippen LogP contribution >= 0.6 is 11.6 Å². The van der Waals surface area contributed by atoms with E-state index in [4.69, 9.17) is 16.3 Å². The Bertz CT molecular complexity index is 391. The lowest BCUT2D eigenvalue weighted by Crippen LogP contribution is -1.97. The van der Waals surface area contributed by atoms with E-state index in [-0.39, 0.29) is 22.0 Å². The number of benzene rings is 1. The van der Waals surface area contributed by atoms with E-state index in [1.807, 2.05) is 0 Å². The monoisotopic (exact) mass is 215 g/mol. The number of nitro groups is 1. The van der Waals surface area contributed by atoms with E-state index in [1.165, 1.54) is 13.2 Å². The highest BCUT2D eigenvalue weighted by molar-refractivity contribution is 6.31. The average Bonchev–Trinajstić information content (AvgIpc) is 2.16. The molecule has 1 aromatic rings. The summed E-state index contributed by atoms with van der Waals surface area (Å²) in [5, 5.41) is 10.7. The molecule has 74 valence electrons. The second-order valence-corrected chi connectivity index (χ2v) is 2.86. The van der Waals surface area contributed by atoms with Gasteiger partial charge in [0.05, 0.1) is 17.6 Å². The molecular weight excluding hydrogens is 210 g/mol. The highest BCUT2D eigenvalue weighted by Crippen LogP contribution is 2.32. The summed E-state index contributed by atoms with van der Waals surface area (Å²) in [6.45, 7) is 0. The van der Waals surface area contributed by atoms with Crippen LogP contribution in [0.5, 0.6) is 5.75 Å². The number of carbonyl (C=O) groups excluding carboxylic acids is 1. The number of ether oxygens (including phenoxy) is 1. The SMILES string of the molecule is COc1c(C=O)cc(Cl)cc1[N+](=O)[O-]. The van der Waals surface area contributed by atoms with Crippen LogP contribution < -0.4 is 4.74 Å². The minimum absolute atomic E-state index is 0.0618. The zero-order chi connectivity index (χ0) is 10.7. The Morgan fingerprint density at radius 1 is 1.57 bits per heavy atom. The smallest absolute Gasteiger partial charge is 0.313 e. The molecule has 5 nitrogen and oxygen atoms in total. The fraction of sp³-hybridized carbons (Fsp3) is 0.125. The van der Waals surface area contributed by atoms with E-state index in [0.717, 1.165) is 6.07 Å². The molecule has 0 fully saturated rings. The van der Waals surface area contributed by atoms with Crippen molar-refractivity contribution >= 4 is 23.6 Å². The standard InChI is InChI=1S/C8H6ClNO4/c1-14-8-5(4-11)2-6(9)3-7(8)10(12)13/h2-4H,1H3. The summed E-state index contributed by atoms with van der Waals surface area (Å²) in [5.74, 6) is -0.0746. The lowest BCUT2D eigenvalue weighted by Gasteiger charge is -2.04. The average molecular weight is 216 g/mol. The fourth-order valence-electron chi connectivity index (χ4n) is 1.05. The van der Waals surface area contributed by atoms with Crippen molar-refractivity contribution in [3.8, 4) is 5.75 Å². The van der Waals surface area contributed by atoms with Crippen molar-refractivity contribution in [2.24, 2.45) is 0 Å². The zero-order valence-electron chi connectivity index (χ0n) is 7.19. The molecule has 0 aliphatic heterocycles. The fourth-order valence-corrected chi connectivity index (χ4v) is 1.27. The molecule has 0 aliphatic rings. The molecule has 0 radical (unpaired) electrons. The number of methoxy groups -OCH3 is 1. The van der Waals surface area contributed by atoms with Gasteiger partial charge in [0.15, 0.2) is 6.29 Å². The first kappa shape index (κ1) is 10.5. The molecule has 0 saturated heterocycles. The van der Waals surface area contributed by atoms with Crippen molar-refractivity contribution in [1.82, 2.24) is 0 Å². The second kappa shape index (κ2) is 4.06. The molecule has 0 heterocycles. The van der Waals surface area contributed by atoms with Crippen molar-refractivity contribution in [1.29, 1.82) is 0 Å². The minimum Gasteiger partial charge on any atom is -0.490 e. The molecule has 0 saturated carbocycles. The van der Waals surface area contributed by atoms with Crippen LogP contribution in [0.4, 0.5) is 5.69 Å². The van der Waals surface area contributed by atoms with Gasteiger partial charge >= 0.3 is 5.69 Å². The molecular formula is C8H6ClNO4. The Labute approximate surface area is 84.4 Å². The van der Waals surface area contributed by atoms with Crippen LogP contribution in [0.15, 0.2) is 12.1 Å². The summed E-state index contributed by atoms with van der Waals surface area (Å²) in [5.41, 5.74) is -0.256. The molecule has 0 spiro atoms. The van der Waals surface area contributed by atoms with E-state index in [1.54, 1.807) is 0 Å². The molecule has 0 aliphatic carbocycles. The molecule has 1 aromatic carbocycles. The number of nitro benzene ring substituents is 1. The molecule has 0 N–H and O–H groups in total. The van der Waals surface area contributed by atoms with Crippen LogP contribution in [0.3, 0.4) is 0 Å². The summed E-state index contributed by atoms with van der Waals surface area (Å²) in [6.07, 6.45) is 0.456. The molecule has 0 amide bonds. The summed E-state index contributed by atoms with van der Waals surface area (Å²) in [4.78, 5) is 20.4. The van der Waals surface area contributed by atoms with Gasteiger partial charge in [-0.05, 0) is 6.07 Å². The third kappa shape index (κ3) is 1.82. The Morgan fingerprint density at radius 3 is 2.64 bits per heavy atom. The van der Waals surface area contributed by atoms with Gasteiger partial charge in [-0.1, -0.05) is 11.6 Å². The Morgan fingerprint density at radius 2 is 2.21 bits per heavy atom. The van der Waals surface area contributed by atoms with Crippen molar-refractivity contribution in [2.75, 3.05) is 7.11 Å². The third-order valence-corrected chi connectivity index (χ3v) is 1.81. The molecule has 6 heteroatoms. The van der Waals surface area contributed by atoms with E-state index in [9.17, 15) is 14.9 Å². The van der Waals surface area contributed by atoms with Crippen molar-refractivity contribution in [3.63, 3.8) is 0 Å². The number of aldehydes is 1. The summed E-state index contributed by atoms with van der Waals surface area (Å²) in [6, 6.07) is 2.44. The number of hydrogen-bond donors (Lipinski definition) is 0. The van der Waals surface area contributed by atoms with E-state index in [2.05, 4.69) is 0 Å². The van der Waals surface area contributed by atoms with Gasteiger partial charge in [-0.25, -0.2) is 0 Å². The summed E-state index contributed by atoms with van der Waals surface area (Å²) < 4.78 is 4.75. The predicted molar refractivity (Wildman–Crippen MR) is 50.0 cm³/mol. The second-order valence-electron chi connectivity index (χ2n) is 2.42. The number of nitrogens with zero attached hydrogens (tertiary/aromatic N) is 1. The van der Waals surface area contributed by atoms with Crippen LogP contribution in [0.1, 0.15) is 10.4 Å². The van der Waals surface area contributed by atoms with Gasteiger partial charge in [-0.2, -0.15) is 0 Å². The number of rotatable bonds is 3. The topological polar surface area (TPSA) is 69.4 Å². The van der Waals surface area contributed by atoms with Crippen molar-refractivity contribution < 1.29 is 14.5 Å². The molecule has 0 unspecified atom stereocenters. The Hall–Kier alpha value is -1.62. The number of carbonyl (C=O) groups is 1. The highest BCUT2D eigenvalue weighted by atomic mass is 35.5. The van der Waals surface area contributed by atoms with Gasteiger partial charge in [0, 0.05) is 11.1 Å². The van der Waals surface area contributed by atoms with Gasteiger partial charge in [0.2, 0.25) is 5.75 Å². The van der Waals surface area contributed by atoms with E-state index in [0.29, 0.717) is 6.29 Å². The third-order valence-electron chi connectivity index (χ3n) is 1.59. The van der Waals surface area contributed by atoms with E-state index < -0.39 is 4.92 Å². The van der Waals surface area contributed by atoms with Gasteiger partial charge in [-0.15, -0.1) is 0 Å². The quantitative estimate of drug-likeness (QED) is 0.440. The maximum Gasteiger partial charge on any atom is 0.313 e. The molecule has 0 aromatic heterocycles. The van der Waals surface area contributed by atoms with E-state index >= 15 is 0 Å². The van der Waals surface area contributed by atoms with Crippen LogP contribution in [0.2, 0.25) is 5.02 Å². The van der Waals surface area contributed by atoms with Crippen LogP contribution in [0.25, 0.3) is 0 Å². The molecule has 0 atom stereocenters. The van der Waals surface area contributed by atoms with Crippen LogP contribution in [-0.4, -0.2) is 18.3 Å². The van der Waals surface area contributed by atoms with Gasteiger partial charge in [-0.3, -0.25) is 14.9 Å². The van der Waals surface area contributed by atoms with Gasteiger partial charge < -0.3 is 4.74 Å². The first-order valence-electron chi connectivity index (χ1n) is 3.57. The minimum atomic E-state index is -0.655. The van der Waals surface area contributed by atoms with Crippen LogP contribution in [-0.2, 0) is 0 Å². The maximum atomic E-state index is 10.6. The number of halogens is 1. The highest BCUT2D eigenvalue weighted by Gasteiger charge is 2.19. The Kier molecular flexibility index (Phi) is 3.03. The lowest BCUT2D eigenvalue weighted by molar-refractivity contribution is -0.385. The molecule has 1 rings (SSSR count). The lowest BCUT2D eigenvalue weighted by atomic mass is 10.2. The summed E-state index contributed by atoms with van der Waals surface area (Å²) >= 11 is 5.58. The van der Waals surface area contributed by atoms with Crippen molar-refractivity contribution in [2.45, 2.75) is 0 Å². The number of hydrogen-bond acceptors (Lipinski definition) is 4. The maximum absolute atomic E-state index is 10.6. The first-order valence-corrected chi connectivity index (χ1v) is 3.95. The van der Waals surface area contributed by atoms with Gasteiger partial charge in [0.1, 0.15) is 0 Å². The summed E-state index contributed by atoms with van der Waals surface area (Å²) in [7, 11) is 1.25. The molecule has 14 heavy (non-hydrogen) atoms. The first-order chi connectivity index (χ1) is 6.60. The Balaban J connectivity index is 3.46. The normalized spacial score (nSPS) is 9.57. The van der Waals surface area contributed by atoms with Crippen LogP contribution in [0, 0.1) is 10.1 Å². The largest absolute Gasteiger partial charge is 0.490 e. The predicted octanol–water partition coefficient (Wildman–Crippen LogP) is 2.07. The zero-order valence-corrected chi connectivity index (χ0v) is 7.95.